The van der Waals surface area contributed by atoms with Crippen LogP contribution < -0.4 is 15.8 Å². The molecule has 0 amide bonds. The Kier molecular flexibility index (Phi) is 3.55. The second-order valence-electron chi connectivity index (χ2n) is 4.86. The van der Waals surface area contributed by atoms with E-state index in [-0.39, 0.29) is 23.8 Å². The number of nitrogens with two attached hydrogens (primary N) is 1. The molecule has 1 aromatic heterocycles. The maximum atomic E-state index is 13.4. The van der Waals surface area contributed by atoms with Gasteiger partial charge in [-0.3, -0.25) is 0 Å². The number of nitrogen functional groups attached to an aromatic ring is 1. The van der Waals surface area contributed by atoms with Gasteiger partial charge in [0.15, 0.2) is 12.0 Å². The molecule has 0 fully saturated rings. The van der Waals surface area contributed by atoms with Crippen LogP contribution in [0.15, 0.2) is 24.3 Å². The van der Waals surface area contributed by atoms with Gasteiger partial charge in [0.2, 0.25) is 11.9 Å². The zero-order valence-corrected chi connectivity index (χ0v) is 11.6. The minimum absolute atomic E-state index is 0.000447. The first-order valence-electron chi connectivity index (χ1n) is 6.77. The van der Waals surface area contributed by atoms with Crippen LogP contribution >= 0.6 is 0 Å². The van der Waals surface area contributed by atoms with Gasteiger partial charge in [-0.25, -0.2) is 4.39 Å². The van der Waals surface area contributed by atoms with E-state index in [0.717, 1.165) is 17.7 Å². The molecule has 0 bridgehead atoms. The molecule has 2 atom stereocenters. The number of aromatic nitrogens is 3. The summed E-state index contributed by atoms with van der Waals surface area (Å²) in [5, 5.41) is 3.18. The van der Waals surface area contributed by atoms with E-state index in [9.17, 15) is 4.39 Å². The lowest BCUT2D eigenvalue weighted by Crippen LogP contribution is -2.22. The molecule has 3 N–H and O–H groups in total. The van der Waals surface area contributed by atoms with Crippen LogP contribution in [0.1, 0.15) is 36.9 Å². The van der Waals surface area contributed by atoms with Crippen molar-refractivity contribution in [2.24, 2.45) is 0 Å². The summed E-state index contributed by atoms with van der Waals surface area (Å²) in [4.78, 5) is 11.9. The van der Waals surface area contributed by atoms with Gasteiger partial charge in [0.25, 0.3) is 0 Å². The highest BCUT2D eigenvalue weighted by Crippen LogP contribution is 2.33. The van der Waals surface area contributed by atoms with E-state index >= 15 is 0 Å². The molecular formula is C14H16FN5O. The number of halogens is 1. The first kappa shape index (κ1) is 13.5. The molecule has 1 aliphatic heterocycles. The van der Waals surface area contributed by atoms with Gasteiger partial charge in [-0.15, -0.1) is 0 Å². The van der Waals surface area contributed by atoms with Crippen molar-refractivity contribution < 1.29 is 9.13 Å². The average Bonchev–Trinajstić information content (AvgIpc) is 2.47. The van der Waals surface area contributed by atoms with E-state index in [1.54, 1.807) is 0 Å². The number of nitrogens with one attached hydrogen (secondary N) is 1. The number of nitrogens with zero attached hydrogens (tertiary/aromatic N) is 3. The van der Waals surface area contributed by atoms with Crippen LogP contribution in [0.5, 0.6) is 5.75 Å². The van der Waals surface area contributed by atoms with Crippen molar-refractivity contribution in [2.75, 3.05) is 17.7 Å². The van der Waals surface area contributed by atoms with Gasteiger partial charge in [-0.2, -0.15) is 15.0 Å². The number of alkyl halides is 1. The molecule has 21 heavy (non-hydrogen) atoms. The van der Waals surface area contributed by atoms with Crippen LogP contribution in [0.25, 0.3) is 0 Å². The van der Waals surface area contributed by atoms with E-state index in [0.29, 0.717) is 6.61 Å². The minimum Gasteiger partial charge on any atom is -0.493 e. The first-order chi connectivity index (χ1) is 10.1. The van der Waals surface area contributed by atoms with Gasteiger partial charge >= 0.3 is 0 Å². The molecule has 2 unspecified atom stereocenters. The number of benzene rings is 1. The van der Waals surface area contributed by atoms with E-state index in [4.69, 9.17) is 10.5 Å². The summed E-state index contributed by atoms with van der Waals surface area (Å²) in [5.41, 5.74) is 6.63. The zero-order chi connectivity index (χ0) is 14.8. The molecule has 0 aliphatic carbocycles. The van der Waals surface area contributed by atoms with Gasteiger partial charge in [0.1, 0.15) is 5.75 Å². The molecule has 2 aromatic rings. The van der Waals surface area contributed by atoms with Crippen molar-refractivity contribution in [3.63, 3.8) is 0 Å². The molecule has 7 heteroatoms. The lowest BCUT2D eigenvalue weighted by atomic mass is 10.0. The maximum absolute atomic E-state index is 13.4. The number of ether oxygens (including phenoxy) is 1. The third-order valence-electron chi connectivity index (χ3n) is 3.29. The molecule has 0 saturated heterocycles. The number of fused-ring (bicyclic) bond motifs is 1. The molecule has 3 rings (SSSR count). The Bertz CT molecular complexity index is 649. The quantitative estimate of drug-likeness (QED) is 0.902. The van der Waals surface area contributed by atoms with Crippen molar-refractivity contribution in [3.8, 4) is 5.75 Å². The van der Waals surface area contributed by atoms with Crippen LogP contribution in [0.3, 0.4) is 0 Å². The van der Waals surface area contributed by atoms with Crippen molar-refractivity contribution in [2.45, 2.75) is 25.6 Å². The smallest absolute Gasteiger partial charge is 0.228 e. The van der Waals surface area contributed by atoms with Crippen LogP contribution in [-0.4, -0.2) is 21.6 Å². The summed E-state index contributed by atoms with van der Waals surface area (Å²) in [5.74, 6) is 1.16. The van der Waals surface area contributed by atoms with E-state index in [1.807, 2.05) is 24.3 Å². The summed E-state index contributed by atoms with van der Waals surface area (Å²) in [7, 11) is 0. The lowest BCUT2D eigenvalue weighted by Gasteiger charge is -2.26. The average molecular weight is 289 g/mol. The highest BCUT2D eigenvalue weighted by molar-refractivity contribution is 5.43. The molecule has 2 heterocycles. The summed E-state index contributed by atoms with van der Waals surface area (Å²) in [6, 6.07) is 7.76. The summed E-state index contributed by atoms with van der Waals surface area (Å²) < 4.78 is 19.0. The van der Waals surface area contributed by atoms with Crippen LogP contribution in [-0.2, 0) is 0 Å². The monoisotopic (exact) mass is 289 g/mol. The van der Waals surface area contributed by atoms with Crippen LogP contribution in [0, 0.1) is 0 Å². The first-order valence-corrected chi connectivity index (χ1v) is 6.77. The largest absolute Gasteiger partial charge is 0.493 e. The van der Waals surface area contributed by atoms with Crippen molar-refractivity contribution in [3.05, 3.63) is 35.7 Å². The van der Waals surface area contributed by atoms with Crippen molar-refractivity contribution in [1.82, 2.24) is 15.0 Å². The number of hydrogen-bond acceptors (Lipinski definition) is 6. The topological polar surface area (TPSA) is 86.0 Å². The fraction of sp³-hybridized carbons (Fsp3) is 0.357. The number of hydrogen-bond donors (Lipinski definition) is 2. The number of para-hydroxylation sites is 1. The summed E-state index contributed by atoms with van der Waals surface area (Å²) in [6.45, 7) is 1.96. The maximum Gasteiger partial charge on any atom is 0.228 e. The van der Waals surface area contributed by atoms with Crippen LogP contribution in [0.4, 0.5) is 16.3 Å². The predicted molar refractivity (Wildman–Crippen MR) is 76.7 cm³/mol. The normalized spacial score (nSPS) is 18.5. The second kappa shape index (κ2) is 5.51. The Hall–Kier alpha value is -2.44. The van der Waals surface area contributed by atoms with Gasteiger partial charge in [-0.1, -0.05) is 18.2 Å². The highest BCUT2D eigenvalue weighted by Gasteiger charge is 2.22. The number of rotatable bonds is 3. The Morgan fingerprint density at radius 3 is 2.95 bits per heavy atom. The molecule has 1 aliphatic rings. The highest BCUT2D eigenvalue weighted by atomic mass is 19.1. The van der Waals surface area contributed by atoms with Gasteiger partial charge in [0.05, 0.1) is 12.6 Å². The van der Waals surface area contributed by atoms with Gasteiger partial charge in [-0.05, 0) is 13.0 Å². The molecule has 1 aromatic carbocycles. The Labute approximate surface area is 121 Å². The molecule has 0 radical (unpaired) electrons. The van der Waals surface area contributed by atoms with Crippen molar-refractivity contribution >= 4 is 11.9 Å². The van der Waals surface area contributed by atoms with Crippen LogP contribution in [0.2, 0.25) is 0 Å². The van der Waals surface area contributed by atoms with Gasteiger partial charge in [0, 0.05) is 12.0 Å². The molecule has 0 saturated carbocycles. The predicted octanol–water partition coefficient (Wildman–Crippen LogP) is 2.42. The fourth-order valence-electron chi connectivity index (χ4n) is 2.30. The van der Waals surface area contributed by atoms with E-state index < -0.39 is 6.17 Å². The Morgan fingerprint density at radius 1 is 1.33 bits per heavy atom. The molecular weight excluding hydrogens is 273 g/mol. The molecule has 110 valence electrons. The van der Waals surface area contributed by atoms with E-state index in [2.05, 4.69) is 20.3 Å². The summed E-state index contributed by atoms with van der Waals surface area (Å²) >= 11 is 0. The SMILES string of the molecule is CC(F)c1nc(N)nc(NC2CCOc3ccccc32)n1. The Balaban J connectivity index is 1.88. The third kappa shape index (κ3) is 2.86. The molecule has 0 spiro atoms. The Morgan fingerprint density at radius 2 is 2.14 bits per heavy atom. The summed E-state index contributed by atoms with van der Waals surface area (Å²) in [6.07, 6.45) is -0.527. The zero-order valence-electron chi connectivity index (χ0n) is 11.6. The van der Waals surface area contributed by atoms with Crippen molar-refractivity contribution in [1.29, 1.82) is 0 Å². The van der Waals surface area contributed by atoms with E-state index in [1.165, 1.54) is 6.92 Å². The standard InChI is InChI=1S/C14H16FN5O/c1-8(15)12-18-13(16)20-14(19-12)17-10-6-7-21-11-5-3-2-4-9(10)11/h2-5,8,10H,6-7H2,1H3,(H3,16,17,18,19,20). The third-order valence-corrected chi connectivity index (χ3v) is 3.29. The fourth-order valence-corrected chi connectivity index (χ4v) is 2.30. The second-order valence-corrected chi connectivity index (χ2v) is 4.86. The minimum atomic E-state index is -1.29. The number of anilines is 2. The lowest BCUT2D eigenvalue weighted by molar-refractivity contribution is 0.274. The van der Waals surface area contributed by atoms with Gasteiger partial charge < -0.3 is 15.8 Å². The molecule has 6 nitrogen and oxygen atoms in total.